The van der Waals surface area contributed by atoms with Crippen LogP contribution in [0.15, 0.2) is 36.5 Å². The fourth-order valence-electron chi connectivity index (χ4n) is 2.62. The fraction of sp³-hybridized carbons (Fsp3) is 0.286. The Morgan fingerprint density at radius 3 is 2.50 bits per heavy atom. The topological polar surface area (TPSA) is 66.0 Å². The average molecular weight is 242 g/mol. The van der Waals surface area contributed by atoms with Crippen LogP contribution in [0.25, 0.3) is 0 Å². The lowest BCUT2D eigenvalue weighted by Gasteiger charge is -2.40. The van der Waals surface area contributed by atoms with Crippen molar-refractivity contribution in [1.82, 2.24) is 9.97 Å². The number of carboxylic acid groups (broad SMARTS) is 1. The van der Waals surface area contributed by atoms with Gasteiger partial charge in [-0.15, -0.1) is 0 Å². The van der Waals surface area contributed by atoms with E-state index in [1.54, 1.807) is 0 Å². The molecule has 0 atom stereocenters. The SMILES string of the molecule is O=C(O)c1cnc(C2(c3ccccc3)CCC2)[nH]1. The molecule has 3 rings (SSSR count). The van der Waals surface area contributed by atoms with E-state index in [1.807, 2.05) is 18.2 Å². The number of nitrogens with zero attached hydrogens (tertiary/aromatic N) is 1. The van der Waals surface area contributed by atoms with Gasteiger partial charge in [0.25, 0.3) is 0 Å². The number of imidazole rings is 1. The van der Waals surface area contributed by atoms with Crippen molar-refractivity contribution in [2.24, 2.45) is 0 Å². The van der Waals surface area contributed by atoms with Gasteiger partial charge in [0.1, 0.15) is 11.5 Å². The lowest BCUT2D eigenvalue weighted by atomic mass is 9.64. The zero-order valence-corrected chi connectivity index (χ0v) is 9.89. The fourth-order valence-corrected chi connectivity index (χ4v) is 2.62. The van der Waals surface area contributed by atoms with Crippen LogP contribution in [0.3, 0.4) is 0 Å². The first kappa shape index (κ1) is 11.0. The molecule has 0 unspecified atom stereocenters. The summed E-state index contributed by atoms with van der Waals surface area (Å²) in [6.45, 7) is 0. The maximum Gasteiger partial charge on any atom is 0.353 e. The lowest BCUT2D eigenvalue weighted by molar-refractivity contribution is 0.0690. The van der Waals surface area contributed by atoms with Crippen molar-refractivity contribution in [3.05, 3.63) is 53.6 Å². The monoisotopic (exact) mass is 242 g/mol. The van der Waals surface area contributed by atoms with Crippen molar-refractivity contribution in [3.63, 3.8) is 0 Å². The summed E-state index contributed by atoms with van der Waals surface area (Å²) >= 11 is 0. The van der Waals surface area contributed by atoms with E-state index >= 15 is 0 Å². The second-order valence-corrected chi connectivity index (χ2v) is 4.75. The molecule has 1 aliphatic rings. The van der Waals surface area contributed by atoms with Crippen molar-refractivity contribution < 1.29 is 9.90 Å². The molecule has 1 aromatic heterocycles. The molecule has 0 radical (unpaired) electrons. The van der Waals surface area contributed by atoms with E-state index in [1.165, 1.54) is 11.8 Å². The Morgan fingerprint density at radius 2 is 2.00 bits per heavy atom. The number of aromatic carboxylic acids is 1. The molecule has 0 amide bonds. The van der Waals surface area contributed by atoms with Crippen molar-refractivity contribution in [3.8, 4) is 0 Å². The van der Waals surface area contributed by atoms with Gasteiger partial charge >= 0.3 is 5.97 Å². The minimum absolute atomic E-state index is 0.116. The van der Waals surface area contributed by atoms with Gasteiger partial charge in [-0.05, 0) is 18.4 Å². The van der Waals surface area contributed by atoms with E-state index in [-0.39, 0.29) is 11.1 Å². The third-order valence-electron chi connectivity index (χ3n) is 3.79. The van der Waals surface area contributed by atoms with Gasteiger partial charge in [-0.2, -0.15) is 0 Å². The maximum atomic E-state index is 10.9. The zero-order chi connectivity index (χ0) is 12.6. The van der Waals surface area contributed by atoms with E-state index < -0.39 is 5.97 Å². The normalized spacial score (nSPS) is 17.1. The summed E-state index contributed by atoms with van der Waals surface area (Å²) in [4.78, 5) is 18.1. The molecule has 0 spiro atoms. The molecule has 0 saturated heterocycles. The summed E-state index contributed by atoms with van der Waals surface area (Å²) < 4.78 is 0. The molecule has 0 bridgehead atoms. The number of benzene rings is 1. The van der Waals surface area contributed by atoms with Gasteiger partial charge < -0.3 is 10.1 Å². The average Bonchev–Trinajstić information content (AvgIpc) is 2.79. The Labute approximate surface area is 105 Å². The predicted molar refractivity (Wildman–Crippen MR) is 66.6 cm³/mol. The first-order valence-corrected chi connectivity index (χ1v) is 6.07. The van der Waals surface area contributed by atoms with Crippen LogP contribution in [0.2, 0.25) is 0 Å². The van der Waals surface area contributed by atoms with Crippen molar-refractivity contribution >= 4 is 5.97 Å². The number of H-pyrrole nitrogens is 1. The largest absolute Gasteiger partial charge is 0.477 e. The molecule has 92 valence electrons. The van der Waals surface area contributed by atoms with Crippen LogP contribution in [0, 0.1) is 0 Å². The van der Waals surface area contributed by atoms with Gasteiger partial charge in [0.2, 0.25) is 0 Å². The summed E-state index contributed by atoms with van der Waals surface area (Å²) in [5.74, 6) is -0.186. The molecule has 1 aliphatic carbocycles. The minimum Gasteiger partial charge on any atom is -0.477 e. The summed E-state index contributed by atoms with van der Waals surface area (Å²) in [5, 5.41) is 8.95. The third kappa shape index (κ3) is 1.53. The van der Waals surface area contributed by atoms with E-state index in [4.69, 9.17) is 5.11 Å². The summed E-state index contributed by atoms with van der Waals surface area (Å²) in [6.07, 6.45) is 4.59. The molecule has 2 aromatic rings. The quantitative estimate of drug-likeness (QED) is 0.869. The molecule has 18 heavy (non-hydrogen) atoms. The Hall–Kier alpha value is -2.10. The highest BCUT2D eigenvalue weighted by Crippen LogP contribution is 2.47. The summed E-state index contributed by atoms with van der Waals surface area (Å²) in [7, 11) is 0. The van der Waals surface area contributed by atoms with E-state index in [0.29, 0.717) is 0 Å². The molecular weight excluding hydrogens is 228 g/mol. The van der Waals surface area contributed by atoms with Gasteiger partial charge in [0.05, 0.1) is 11.6 Å². The molecule has 1 aromatic carbocycles. The van der Waals surface area contributed by atoms with Gasteiger partial charge in [-0.25, -0.2) is 9.78 Å². The Balaban J connectivity index is 2.04. The molecule has 1 heterocycles. The number of nitrogens with one attached hydrogen (secondary N) is 1. The van der Waals surface area contributed by atoms with Crippen molar-refractivity contribution in [2.45, 2.75) is 24.7 Å². The minimum atomic E-state index is -0.962. The second-order valence-electron chi connectivity index (χ2n) is 4.75. The highest BCUT2D eigenvalue weighted by molar-refractivity contribution is 5.85. The second kappa shape index (κ2) is 3.98. The number of carbonyl (C=O) groups is 1. The van der Waals surface area contributed by atoms with Crippen LogP contribution in [-0.4, -0.2) is 21.0 Å². The molecule has 4 nitrogen and oxygen atoms in total. The van der Waals surface area contributed by atoms with Crippen LogP contribution in [-0.2, 0) is 5.41 Å². The van der Waals surface area contributed by atoms with Gasteiger partial charge in [-0.3, -0.25) is 0 Å². The Bertz CT molecular complexity index is 570. The zero-order valence-electron chi connectivity index (χ0n) is 9.89. The number of aromatic amines is 1. The number of hydrogen-bond acceptors (Lipinski definition) is 2. The van der Waals surface area contributed by atoms with Crippen LogP contribution < -0.4 is 0 Å². The van der Waals surface area contributed by atoms with Gasteiger partial charge in [0.15, 0.2) is 0 Å². The molecule has 1 fully saturated rings. The molecule has 4 heteroatoms. The predicted octanol–water partition coefficient (Wildman–Crippen LogP) is 2.58. The molecular formula is C14H14N2O2. The highest BCUT2D eigenvalue weighted by atomic mass is 16.4. The number of aromatic nitrogens is 2. The standard InChI is InChI=1S/C14H14N2O2/c17-12(18)11-9-15-13(16-11)14(7-4-8-14)10-5-2-1-3-6-10/h1-3,5-6,9H,4,7-8H2,(H,15,16)(H,17,18). The molecule has 1 saturated carbocycles. The van der Waals surface area contributed by atoms with E-state index in [2.05, 4.69) is 22.1 Å². The van der Waals surface area contributed by atoms with Crippen molar-refractivity contribution in [2.75, 3.05) is 0 Å². The molecule has 0 aliphatic heterocycles. The van der Waals surface area contributed by atoms with Crippen LogP contribution >= 0.6 is 0 Å². The number of hydrogen-bond donors (Lipinski definition) is 2. The summed E-state index contributed by atoms with van der Waals surface area (Å²) in [6, 6.07) is 10.2. The van der Waals surface area contributed by atoms with E-state index in [0.717, 1.165) is 25.1 Å². The molecule has 2 N–H and O–H groups in total. The maximum absolute atomic E-state index is 10.9. The number of rotatable bonds is 3. The van der Waals surface area contributed by atoms with Gasteiger partial charge in [0, 0.05) is 0 Å². The van der Waals surface area contributed by atoms with E-state index in [9.17, 15) is 4.79 Å². The smallest absolute Gasteiger partial charge is 0.353 e. The lowest BCUT2D eigenvalue weighted by Crippen LogP contribution is -2.36. The highest BCUT2D eigenvalue weighted by Gasteiger charge is 2.42. The first-order valence-electron chi connectivity index (χ1n) is 6.07. The first-order chi connectivity index (χ1) is 8.72. The summed E-state index contributed by atoms with van der Waals surface area (Å²) in [5.41, 5.74) is 1.25. The van der Waals surface area contributed by atoms with Crippen LogP contribution in [0.4, 0.5) is 0 Å². The Morgan fingerprint density at radius 1 is 1.28 bits per heavy atom. The third-order valence-corrected chi connectivity index (χ3v) is 3.79. The Kier molecular flexibility index (Phi) is 2.44. The number of carboxylic acids is 1. The van der Waals surface area contributed by atoms with Gasteiger partial charge in [-0.1, -0.05) is 36.8 Å². The van der Waals surface area contributed by atoms with Crippen molar-refractivity contribution in [1.29, 1.82) is 0 Å². The van der Waals surface area contributed by atoms with Crippen LogP contribution in [0.1, 0.15) is 41.1 Å². The van der Waals surface area contributed by atoms with Crippen LogP contribution in [0.5, 0.6) is 0 Å².